The second-order valence-electron chi connectivity index (χ2n) is 5.74. The number of rotatable bonds is 6. The van der Waals surface area contributed by atoms with Crippen LogP contribution < -0.4 is 10.1 Å². The number of aromatic amines is 1. The first-order valence-electron chi connectivity index (χ1n) is 7.51. The van der Waals surface area contributed by atoms with Gasteiger partial charge in [0.2, 0.25) is 0 Å². The molecule has 1 aromatic carbocycles. The molecule has 0 bridgehead atoms. The first kappa shape index (κ1) is 15.9. The number of para-hydroxylation sites is 1. The first-order chi connectivity index (χ1) is 11.6. The molecular weight excluding hydrogens is 308 g/mol. The van der Waals surface area contributed by atoms with E-state index >= 15 is 0 Å². The van der Waals surface area contributed by atoms with E-state index < -0.39 is 11.4 Å². The van der Waals surface area contributed by atoms with Crippen LogP contribution in [0.2, 0.25) is 0 Å². The number of benzene rings is 1. The van der Waals surface area contributed by atoms with E-state index in [0.29, 0.717) is 16.9 Å². The van der Waals surface area contributed by atoms with Gasteiger partial charge >= 0.3 is 0 Å². The SMILES string of the molecule is CC(CO)(COc1ccccc1)NC(=O)c1cnc2[nH]ccc2n1. The predicted octanol–water partition coefficient (Wildman–Crippen LogP) is 1.52. The van der Waals surface area contributed by atoms with Crippen LogP contribution in [0, 0.1) is 0 Å². The number of hydrogen-bond acceptors (Lipinski definition) is 5. The maximum absolute atomic E-state index is 12.4. The molecule has 0 radical (unpaired) electrons. The van der Waals surface area contributed by atoms with Gasteiger partial charge in [-0.2, -0.15) is 0 Å². The molecule has 2 heterocycles. The van der Waals surface area contributed by atoms with Crippen molar-refractivity contribution >= 4 is 17.1 Å². The molecule has 0 aliphatic rings. The zero-order chi connectivity index (χ0) is 17.0. The minimum absolute atomic E-state index is 0.124. The number of carbonyl (C=O) groups is 1. The summed E-state index contributed by atoms with van der Waals surface area (Å²) < 4.78 is 5.64. The van der Waals surface area contributed by atoms with E-state index in [0.717, 1.165) is 0 Å². The number of nitrogens with one attached hydrogen (secondary N) is 2. The van der Waals surface area contributed by atoms with Gasteiger partial charge < -0.3 is 20.1 Å². The molecule has 0 aliphatic carbocycles. The Balaban J connectivity index is 1.69. The van der Waals surface area contributed by atoms with Crippen molar-refractivity contribution in [2.45, 2.75) is 12.5 Å². The fourth-order valence-electron chi connectivity index (χ4n) is 2.16. The Kier molecular flexibility index (Phi) is 4.43. The minimum Gasteiger partial charge on any atom is -0.491 e. The molecule has 3 aromatic rings. The monoisotopic (exact) mass is 326 g/mol. The van der Waals surface area contributed by atoms with E-state index in [4.69, 9.17) is 4.74 Å². The zero-order valence-corrected chi connectivity index (χ0v) is 13.2. The van der Waals surface area contributed by atoms with E-state index in [1.54, 1.807) is 19.2 Å². The number of ether oxygens (including phenoxy) is 1. The zero-order valence-electron chi connectivity index (χ0n) is 13.2. The van der Waals surface area contributed by atoms with Gasteiger partial charge in [-0.05, 0) is 25.1 Å². The molecule has 3 rings (SSSR count). The van der Waals surface area contributed by atoms with Crippen molar-refractivity contribution in [3.05, 3.63) is 54.5 Å². The Hall–Kier alpha value is -2.93. The largest absolute Gasteiger partial charge is 0.491 e. The van der Waals surface area contributed by atoms with Crippen LogP contribution in [0.25, 0.3) is 11.2 Å². The van der Waals surface area contributed by atoms with Gasteiger partial charge in [0, 0.05) is 6.20 Å². The highest BCUT2D eigenvalue weighted by atomic mass is 16.5. The Morgan fingerprint density at radius 3 is 2.88 bits per heavy atom. The number of H-pyrrole nitrogens is 1. The van der Waals surface area contributed by atoms with Gasteiger partial charge in [-0.3, -0.25) is 4.79 Å². The summed E-state index contributed by atoms with van der Waals surface area (Å²) >= 11 is 0. The maximum Gasteiger partial charge on any atom is 0.272 e. The molecule has 0 fully saturated rings. The van der Waals surface area contributed by atoms with Gasteiger partial charge in [0.1, 0.15) is 23.6 Å². The molecule has 124 valence electrons. The molecule has 3 N–H and O–H groups in total. The van der Waals surface area contributed by atoms with Crippen molar-refractivity contribution in [1.82, 2.24) is 20.3 Å². The number of aliphatic hydroxyl groups excluding tert-OH is 1. The third-order valence-corrected chi connectivity index (χ3v) is 3.56. The van der Waals surface area contributed by atoms with Crippen LogP contribution in [-0.4, -0.2) is 44.7 Å². The predicted molar refractivity (Wildman–Crippen MR) is 88.8 cm³/mol. The normalized spacial score (nSPS) is 13.4. The van der Waals surface area contributed by atoms with Crippen LogP contribution in [0.15, 0.2) is 48.8 Å². The summed E-state index contributed by atoms with van der Waals surface area (Å²) in [5, 5.41) is 12.4. The number of nitrogens with zero attached hydrogens (tertiary/aromatic N) is 2. The van der Waals surface area contributed by atoms with E-state index in [1.807, 2.05) is 30.3 Å². The number of carbonyl (C=O) groups excluding carboxylic acids is 1. The summed E-state index contributed by atoms with van der Waals surface area (Å²) in [5.41, 5.74) is 0.459. The lowest BCUT2D eigenvalue weighted by atomic mass is 10.1. The first-order valence-corrected chi connectivity index (χ1v) is 7.51. The Morgan fingerprint density at radius 2 is 2.12 bits per heavy atom. The topological polar surface area (TPSA) is 100 Å². The molecule has 1 atom stereocenters. The van der Waals surface area contributed by atoms with Gasteiger partial charge in [0.15, 0.2) is 5.65 Å². The molecule has 1 unspecified atom stereocenters. The number of fused-ring (bicyclic) bond motifs is 1. The van der Waals surface area contributed by atoms with Crippen molar-refractivity contribution in [1.29, 1.82) is 0 Å². The van der Waals surface area contributed by atoms with Gasteiger partial charge in [-0.25, -0.2) is 9.97 Å². The van der Waals surface area contributed by atoms with Gasteiger partial charge in [0.25, 0.3) is 5.91 Å². The van der Waals surface area contributed by atoms with Crippen molar-refractivity contribution in [2.75, 3.05) is 13.2 Å². The molecule has 0 aliphatic heterocycles. The standard InChI is InChI=1S/C17H18N4O3/c1-17(10-22,11-24-12-5-3-2-4-6-12)21-16(23)14-9-19-15-13(20-14)7-8-18-15/h2-9,22H,10-11H2,1H3,(H,18,19)(H,21,23). The third kappa shape index (κ3) is 3.52. The number of hydrogen-bond donors (Lipinski definition) is 3. The van der Waals surface area contributed by atoms with Crippen LogP contribution in [0.5, 0.6) is 5.75 Å². The van der Waals surface area contributed by atoms with Crippen LogP contribution in [-0.2, 0) is 0 Å². The van der Waals surface area contributed by atoms with Crippen molar-refractivity contribution in [3.63, 3.8) is 0 Å². The van der Waals surface area contributed by atoms with E-state index in [-0.39, 0.29) is 18.9 Å². The summed E-state index contributed by atoms with van der Waals surface area (Å²) in [5.74, 6) is 0.249. The van der Waals surface area contributed by atoms with E-state index in [9.17, 15) is 9.90 Å². The van der Waals surface area contributed by atoms with Crippen LogP contribution in [0.1, 0.15) is 17.4 Å². The highest BCUT2D eigenvalue weighted by Crippen LogP contribution is 2.13. The molecule has 0 saturated carbocycles. The second kappa shape index (κ2) is 6.67. The van der Waals surface area contributed by atoms with Gasteiger partial charge in [-0.15, -0.1) is 0 Å². The molecule has 7 heteroatoms. The Labute approximate surface area is 138 Å². The third-order valence-electron chi connectivity index (χ3n) is 3.56. The second-order valence-corrected chi connectivity index (χ2v) is 5.74. The van der Waals surface area contributed by atoms with Crippen molar-refractivity contribution < 1.29 is 14.6 Å². The summed E-state index contributed by atoms with van der Waals surface area (Å²) in [6.07, 6.45) is 3.10. The lowest BCUT2D eigenvalue weighted by Gasteiger charge is -2.28. The van der Waals surface area contributed by atoms with Crippen molar-refractivity contribution in [3.8, 4) is 5.75 Å². The van der Waals surface area contributed by atoms with Gasteiger partial charge in [-0.1, -0.05) is 18.2 Å². The molecular formula is C17H18N4O3. The minimum atomic E-state index is -0.943. The lowest BCUT2D eigenvalue weighted by molar-refractivity contribution is 0.0754. The summed E-state index contributed by atoms with van der Waals surface area (Å²) in [6, 6.07) is 11.0. The van der Waals surface area contributed by atoms with E-state index in [1.165, 1.54) is 6.20 Å². The fraction of sp³-hybridized carbons (Fsp3) is 0.235. The maximum atomic E-state index is 12.4. The van der Waals surface area contributed by atoms with Gasteiger partial charge in [0.05, 0.1) is 18.3 Å². The Bertz CT molecular complexity index is 834. The van der Waals surface area contributed by atoms with Crippen LogP contribution in [0.4, 0.5) is 0 Å². The Morgan fingerprint density at radius 1 is 1.33 bits per heavy atom. The number of aliphatic hydroxyl groups is 1. The highest BCUT2D eigenvalue weighted by Gasteiger charge is 2.28. The van der Waals surface area contributed by atoms with Crippen molar-refractivity contribution in [2.24, 2.45) is 0 Å². The summed E-state index contributed by atoms with van der Waals surface area (Å²) in [7, 11) is 0. The lowest BCUT2D eigenvalue weighted by Crippen LogP contribution is -2.53. The average Bonchev–Trinajstić information content (AvgIpc) is 3.08. The summed E-state index contributed by atoms with van der Waals surface area (Å²) in [4.78, 5) is 23.7. The molecule has 1 amide bonds. The smallest absolute Gasteiger partial charge is 0.272 e. The molecule has 0 saturated heterocycles. The molecule has 0 spiro atoms. The molecule has 7 nitrogen and oxygen atoms in total. The average molecular weight is 326 g/mol. The van der Waals surface area contributed by atoms with Crippen LogP contribution >= 0.6 is 0 Å². The molecule has 24 heavy (non-hydrogen) atoms. The number of amides is 1. The van der Waals surface area contributed by atoms with E-state index in [2.05, 4.69) is 20.3 Å². The molecule has 2 aromatic heterocycles. The number of aromatic nitrogens is 3. The highest BCUT2D eigenvalue weighted by molar-refractivity contribution is 5.94. The summed E-state index contributed by atoms with van der Waals surface area (Å²) in [6.45, 7) is 1.56. The van der Waals surface area contributed by atoms with Crippen LogP contribution in [0.3, 0.4) is 0 Å². The fourth-order valence-corrected chi connectivity index (χ4v) is 2.16. The quantitative estimate of drug-likeness (QED) is 0.638.